The second-order valence-electron chi connectivity index (χ2n) is 9.27. The summed E-state index contributed by atoms with van der Waals surface area (Å²) in [5, 5.41) is 9.98. The van der Waals surface area contributed by atoms with Crippen molar-refractivity contribution in [2.24, 2.45) is 0 Å². The fourth-order valence-corrected chi connectivity index (χ4v) is 4.17. The largest absolute Gasteiger partial charge is 0.455 e. The third-order valence-electron chi connectivity index (χ3n) is 5.32. The van der Waals surface area contributed by atoms with Crippen molar-refractivity contribution in [1.82, 2.24) is 19.5 Å². The quantitative estimate of drug-likeness (QED) is 0.265. The number of imidazole rings is 1. The highest BCUT2D eigenvalue weighted by molar-refractivity contribution is 6.76. The molecule has 172 valence electrons. The van der Waals surface area contributed by atoms with Crippen LogP contribution in [0.1, 0.15) is 11.3 Å². The summed E-state index contributed by atoms with van der Waals surface area (Å²) in [5.41, 5.74) is 3.94. The Kier molecular flexibility index (Phi) is 6.87. The van der Waals surface area contributed by atoms with Crippen LogP contribution in [0.2, 0.25) is 25.7 Å². The summed E-state index contributed by atoms with van der Waals surface area (Å²) in [6.07, 6.45) is 3.43. The number of hydrogen-bond acceptors (Lipinski definition) is 6. The molecule has 1 N–H and O–H groups in total. The molecule has 33 heavy (non-hydrogen) atoms. The third kappa shape index (κ3) is 5.65. The number of ether oxygens (including phenoxy) is 2. The van der Waals surface area contributed by atoms with E-state index in [2.05, 4.69) is 29.6 Å². The van der Waals surface area contributed by atoms with Gasteiger partial charge in [0, 0.05) is 38.2 Å². The molecular weight excluding hydrogens is 432 g/mol. The number of benzene rings is 1. The molecule has 0 saturated heterocycles. The molecule has 3 heterocycles. The molecule has 0 atom stereocenters. The summed E-state index contributed by atoms with van der Waals surface area (Å²) in [7, 11) is -1.20. The molecule has 4 rings (SSSR count). The predicted molar refractivity (Wildman–Crippen MR) is 132 cm³/mol. The van der Waals surface area contributed by atoms with Crippen molar-refractivity contribution in [3.8, 4) is 23.0 Å². The number of hydrogen-bond donors (Lipinski definition) is 1. The molecule has 8 heteroatoms. The monoisotopic (exact) mass is 462 g/mol. The maximum atomic E-state index is 9.98. The lowest BCUT2D eigenvalue weighted by atomic mass is 10.2. The number of aryl methyl sites for hydroxylation is 1. The second kappa shape index (κ2) is 9.82. The number of fused-ring (bicyclic) bond motifs is 1. The van der Waals surface area contributed by atoms with Crippen molar-refractivity contribution in [3.05, 3.63) is 66.1 Å². The maximum Gasteiger partial charge on any atom is 0.161 e. The molecule has 0 amide bonds. The summed E-state index contributed by atoms with van der Waals surface area (Å²) < 4.78 is 14.2. The minimum Gasteiger partial charge on any atom is -0.455 e. The average molecular weight is 463 g/mol. The Labute approximate surface area is 195 Å². The van der Waals surface area contributed by atoms with E-state index in [9.17, 15) is 5.11 Å². The molecule has 7 nitrogen and oxygen atoms in total. The zero-order chi connectivity index (χ0) is 23.4. The Hall–Kier alpha value is -3.07. The van der Waals surface area contributed by atoms with Crippen LogP contribution in [0, 0.1) is 6.92 Å². The smallest absolute Gasteiger partial charge is 0.161 e. The van der Waals surface area contributed by atoms with Crippen molar-refractivity contribution >= 4 is 19.1 Å². The van der Waals surface area contributed by atoms with Gasteiger partial charge in [-0.05, 0) is 43.3 Å². The first-order valence-corrected chi connectivity index (χ1v) is 14.8. The minimum absolute atomic E-state index is 0.164. The van der Waals surface area contributed by atoms with Gasteiger partial charge in [0.1, 0.15) is 23.9 Å². The molecule has 1 aromatic carbocycles. The van der Waals surface area contributed by atoms with Crippen LogP contribution in [0.15, 0.2) is 54.9 Å². The first-order valence-electron chi connectivity index (χ1n) is 11.1. The molecule has 0 bridgehead atoms. The first-order chi connectivity index (χ1) is 15.8. The highest BCUT2D eigenvalue weighted by atomic mass is 28.3. The fraction of sp³-hybridized carbons (Fsp3) is 0.320. The third-order valence-corrected chi connectivity index (χ3v) is 7.03. The zero-order valence-electron chi connectivity index (χ0n) is 19.6. The Morgan fingerprint density at radius 1 is 1.06 bits per heavy atom. The van der Waals surface area contributed by atoms with Crippen LogP contribution >= 0.6 is 0 Å². The van der Waals surface area contributed by atoms with Gasteiger partial charge in [0.25, 0.3) is 0 Å². The molecule has 0 radical (unpaired) electrons. The van der Waals surface area contributed by atoms with E-state index >= 15 is 0 Å². The van der Waals surface area contributed by atoms with Crippen molar-refractivity contribution in [3.63, 3.8) is 0 Å². The molecule has 0 aliphatic carbocycles. The Morgan fingerprint density at radius 2 is 1.91 bits per heavy atom. The Morgan fingerprint density at radius 3 is 2.58 bits per heavy atom. The van der Waals surface area contributed by atoms with Crippen LogP contribution in [0.4, 0.5) is 0 Å². The summed E-state index contributed by atoms with van der Waals surface area (Å²) >= 11 is 0. The molecule has 0 unspecified atom stereocenters. The molecular formula is C25H30N4O3Si. The number of nitrogens with zero attached hydrogens (tertiary/aromatic N) is 4. The van der Waals surface area contributed by atoms with E-state index in [4.69, 9.17) is 14.5 Å². The number of aliphatic hydroxyl groups excluding tert-OH is 1. The van der Waals surface area contributed by atoms with Gasteiger partial charge >= 0.3 is 0 Å². The fourth-order valence-electron chi connectivity index (χ4n) is 3.41. The van der Waals surface area contributed by atoms with Gasteiger partial charge in [-0.2, -0.15) is 0 Å². The average Bonchev–Trinajstić information content (AvgIpc) is 3.15. The van der Waals surface area contributed by atoms with E-state index < -0.39 is 8.07 Å². The second-order valence-corrected chi connectivity index (χ2v) is 14.9. The van der Waals surface area contributed by atoms with Crippen LogP contribution < -0.4 is 4.74 Å². The molecule has 3 aromatic heterocycles. The van der Waals surface area contributed by atoms with Gasteiger partial charge in [-0.15, -0.1) is 0 Å². The van der Waals surface area contributed by atoms with Crippen molar-refractivity contribution in [2.75, 3.05) is 6.61 Å². The van der Waals surface area contributed by atoms with E-state index in [1.54, 1.807) is 12.4 Å². The molecule has 0 fully saturated rings. The molecule has 4 aromatic rings. The summed E-state index contributed by atoms with van der Waals surface area (Å²) in [6.45, 7) is 9.83. The van der Waals surface area contributed by atoms with E-state index in [-0.39, 0.29) is 6.61 Å². The Balaban J connectivity index is 1.74. The van der Waals surface area contributed by atoms with Gasteiger partial charge in [-0.25, -0.2) is 4.98 Å². The number of aromatic nitrogens is 4. The van der Waals surface area contributed by atoms with Crippen LogP contribution in [-0.4, -0.2) is 39.3 Å². The van der Waals surface area contributed by atoms with Crippen LogP contribution in [-0.2, 0) is 18.1 Å². The molecule has 0 aliphatic heterocycles. The van der Waals surface area contributed by atoms with Crippen LogP contribution in [0.3, 0.4) is 0 Å². The van der Waals surface area contributed by atoms with E-state index in [1.165, 1.54) is 0 Å². The maximum absolute atomic E-state index is 9.98. The standard InChI is InChI=1S/C25H30N4O3Si/c1-18-8-9-20(15-27-18)32-24-14-23-22(13-19(24)16-30)28-25(21-7-5-6-10-26-21)29(23)17-31-11-12-33(2,3)4/h5-10,13-15,30H,11-12,16-17H2,1-4H3. The molecule has 0 aliphatic rings. The number of pyridine rings is 2. The van der Waals surface area contributed by atoms with Gasteiger partial charge in [0.2, 0.25) is 0 Å². The van der Waals surface area contributed by atoms with Gasteiger partial charge in [0.05, 0.1) is 23.8 Å². The first kappa shape index (κ1) is 23.1. The molecule has 0 saturated carbocycles. The number of rotatable bonds is 9. The van der Waals surface area contributed by atoms with Gasteiger partial charge in [-0.3, -0.25) is 14.5 Å². The van der Waals surface area contributed by atoms with Gasteiger partial charge < -0.3 is 14.6 Å². The predicted octanol–water partition coefficient (Wildman–Crippen LogP) is 5.40. The lowest BCUT2D eigenvalue weighted by Crippen LogP contribution is -2.22. The lowest BCUT2D eigenvalue weighted by molar-refractivity contribution is 0.0909. The summed E-state index contributed by atoms with van der Waals surface area (Å²) in [6, 6.07) is 14.4. The van der Waals surface area contributed by atoms with Gasteiger partial charge in [-0.1, -0.05) is 25.7 Å². The van der Waals surface area contributed by atoms with E-state index in [1.807, 2.05) is 54.0 Å². The van der Waals surface area contributed by atoms with E-state index in [0.717, 1.165) is 34.3 Å². The van der Waals surface area contributed by atoms with Gasteiger partial charge in [0.15, 0.2) is 5.82 Å². The van der Waals surface area contributed by atoms with Crippen molar-refractivity contribution < 1.29 is 14.6 Å². The van der Waals surface area contributed by atoms with Crippen LogP contribution in [0.25, 0.3) is 22.6 Å². The zero-order valence-corrected chi connectivity index (χ0v) is 20.6. The topological polar surface area (TPSA) is 82.3 Å². The summed E-state index contributed by atoms with van der Waals surface area (Å²) in [5.74, 6) is 1.89. The molecule has 0 spiro atoms. The van der Waals surface area contributed by atoms with Crippen molar-refractivity contribution in [2.45, 2.75) is 45.9 Å². The minimum atomic E-state index is -1.20. The Bertz CT molecular complexity index is 1220. The van der Waals surface area contributed by atoms with Crippen LogP contribution in [0.5, 0.6) is 11.5 Å². The highest BCUT2D eigenvalue weighted by Gasteiger charge is 2.18. The van der Waals surface area contributed by atoms with E-state index in [0.29, 0.717) is 30.4 Å². The van der Waals surface area contributed by atoms with Crippen molar-refractivity contribution in [1.29, 1.82) is 0 Å². The number of aliphatic hydroxyl groups is 1. The normalized spacial score (nSPS) is 11.8. The summed E-state index contributed by atoms with van der Waals surface area (Å²) in [4.78, 5) is 13.6. The highest BCUT2D eigenvalue weighted by Crippen LogP contribution is 2.32. The lowest BCUT2D eigenvalue weighted by Gasteiger charge is -2.16. The SMILES string of the molecule is Cc1ccc(Oc2cc3c(cc2CO)nc(-c2ccccn2)n3COCC[Si](C)(C)C)cn1.